The normalized spacial score (nSPS) is 10.2. The predicted molar refractivity (Wildman–Crippen MR) is 97.2 cm³/mol. The second kappa shape index (κ2) is 7.48. The van der Waals surface area contributed by atoms with Crippen molar-refractivity contribution < 1.29 is 9.47 Å². The minimum absolute atomic E-state index is 0.497. The number of anilines is 4. The average Bonchev–Trinajstić information content (AvgIpc) is 2.68. The van der Waals surface area contributed by atoms with Gasteiger partial charge in [-0.3, -0.25) is 0 Å². The van der Waals surface area contributed by atoms with Crippen molar-refractivity contribution in [2.45, 2.75) is 0 Å². The van der Waals surface area contributed by atoms with Crippen molar-refractivity contribution in [1.82, 2.24) is 15.2 Å². The summed E-state index contributed by atoms with van der Waals surface area (Å²) in [6, 6.07) is 15.4. The van der Waals surface area contributed by atoms with Crippen molar-refractivity contribution in [3.8, 4) is 11.5 Å². The summed E-state index contributed by atoms with van der Waals surface area (Å²) in [5.74, 6) is 2.38. The van der Waals surface area contributed by atoms with Crippen molar-refractivity contribution >= 4 is 23.1 Å². The SMILES string of the molecule is COc1ccc(Nc2cnnc(N(C)c3ccccc3)n2)cc1OC. The molecule has 1 aromatic heterocycles. The molecule has 0 bridgehead atoms. The summed E-state index contributed by atoms with van der Waals surface area (Å²) in [5.41, 5.74) is 1.79. The number of benzene rings is 2. The van der Waals surface area contributed by atoms with Gasteiger partial charge in [-0.05, 0) is 24.3 Å². The van der Waals surface area contributed by atoms with E-state index in [-0.39, 0.29) is 0 Å². The van der Waals surface area contributed by atoms with Crippen LogP contribution >= 0.6 is 0 Å². The van der Waals surface area contributed by atoms with Crippen LogP contribution in [0, 0.1) is 0 Å². The van der Waals surface area contributed by atoms with Crippen LogP contribution in [-0.2, 0) is 0 Å². The Hall–Kier alpha value is -3.35. The van der Waals surface area contributed by atoms with Crippen LogP contribution in [0.4, 0.5) is 23.1 Å². The van der Waals surface area contributed by atoms with Gasteiger partial charge in [-0.1, -0.05) is 18.2 Å². The minimum Gasteiger partial charge on any atom is -0.493 e. The highest BCUT2D eigenvalue weighted by Gasteiger charge is 2.10. The number of ether oxygens (including phenoxy) is 2. The monoisotopic (exact) mass is 337 g/mol. The van der Waals surface area contributed by atoms with E-state index < -0.39 is 0 Å². The highest BCUT2D eigenvalue weighted by molar-refractivity contribution is 5.62. The highest BCUT2D eigenvalue weighted by Crippen LogP contribution is 2.31. The Balaban J connectivity index is 1.82. The van der Waals surface area contributed by atoms with Crippen molar-refractivity contribution in [1.29, 1.82) is 0 Å². The molecule has 0 atom stereocenters. The number of hydrogen-bond donors (Lipinski definition) is 1. The number of methoxy groups -OCH3 is 2. The third-order valence-electron chi connectivity index (χ3n) is 3.65. The zero-order valence-electron chi connectivity index (χ0n) is 14.3. The zero-order chi connectivity index (χ0) is 17.6. The van der Waals surface area contributed by atoms with E-state index >= 15 is 0 Å². The molecule has 3 aromatic rings. The Morgan fingerprint density at radius 2 is 1.72 bits per heavy atom. The van der Waals surface area contributed by atoms with E-state index in [2.05, 4.69) is 20.5 Å². The van der Waals surface area contributed by atoms with Gasteiger partial charge in [-0.2, -0.15) is 10.1 Å². The first-order valence-corrected chi connectivity index (χ1v) is 7.69. The summed E-state index contributed by atoms with van der Waals surface area (Å²) in [5, 5.41) is 11.3. The molecule has 1 heterocycles. The molecule has 0 amide bonds. The third-order valence-corrected chi connectivity index (χ3v) is 3.65. The number of para-hydroxylation sites is 1. The molecule has 0 aliphatic heterocycles. The van der Waals surface area contributed by atoms with E-state index in [0.29, 0.717) is 23.3 Å². The molecule has 0 saturated carbocycles. The molecule has 0 saturated heterocycles. The molecule has 25 heavy (non-hydrogen) atoms. The van der Waals surface area contributed by atoms with Gasteiger partial charge in [0, 0.05) is 24.5 Å². The average molecular weight is 337 g/mol. The molecule has 0 aliphatic rings. The molecule has 7 nitrogen and oxygen atoms in total. The van der Waals surface area contributed by atoms with Crippen molar-refractivity contribution in [2.75, 3.05) is 31.5 Å². The number of hydrogen-bond acceptors (Lipinski definition) is 7. The smallest absolute Gasteiger partial charge is 0.251 e. The lowest BCUT2D eigenvalue weighted by molar-refractivity contribution is 0.355. The number of nitrogens with one attached hydrogen (secondary N) is 1. The minimum atomic E-state index is 0.497. The van der Waals surface area contributed by atoms with Gasteiger partial charge in [0.1, 0.15) is 0 Å². The first-order chi connectivity index (χ1) is 12.2. The van der Waals surface area contributed by atoms with Gasteiger partial charge >= 0.3 is 0 Å². The fraction of sp³-hybridized carbons (Fsp3) is 0.167. The van der Waals surface area contributed by atoms with Gasteiger partial charge in [-0.25, -0.2) is 0 Å². The lowest BCUT2D eigenvalue weighted by Gasteiger charge is -2.17. The lowest BCUT2D eigenvalue weighted by Crippen LogP contribution is -2.14. The number of nitrogens with zero attached hydrogens (tertiary/aromatic N) is 4. The van der Waals surface area contributed by atoms with Gasteiger partial charge < -0.3 is 19.7 Å². The summed E-state index contributed by atoms with van der Waals surface area (Å²) in [6.45, 7) is 0. The second-order valence-corrected chi connectivity index (χ2v) is 5.23. The van der Waals surface area contributed by atoms with E-state index in [4.69, 9.17) is 9.47 Å². The maximum absolute atomic E-state index is 5.31. The zero-order valence-corrected chi connectivity index (χ0v) is 14.3. The Kier molecular flexibility index (Phi) is 4.94. The highest BCUT2D eigenvalue weighted by atomic mass is 16.5. The van der Waals surface area contributed by atoms with E-state index in [9.17, 15) is 0 Å². The molecule has 128 valence electrons. The second-order valence-electron chi connectivity index (χ2n) is 5.23. The molecule has 7 heteroatoms. The molecular weight excluding hydrogens is 318 g/mol. The fourth-order valence-electron chi connectivity index (χ4n) is 2.33. The fourth-order valence-corrected chi connectivity index (χ4v) is 2.33. The lowest BCUT2D eigenvalue weighted by atomic mass is 10.2. The maximum atomic E-state index is 5.31. The van der Waals surface area contributed by atoms with Crippen molar-refractivity contribution in [2.24, 2.45) is 0 Å². The molecular formula is C18H19N5O2. The predicted octanol–water partition coefficient (Wildman–Crippen LogP) is 3.40. The van der Waals surface area contributed by atoms with Crippen molar-refractivity contribution in [3.05, 3.63) is 54.7 Å². The molecule has 0 radical (unpaired) electrons. The molecule has 0 fully saturated rings. The number of rotatable bonds is 6. The van der Waals surface area contributed by atoms with Crippen molar-refractivity contribution in [3.63, 3.8) is 0 Å². The largest absolute Gasteiger partial charge is 0.493 e. The first-order valence-electron chi connectivity index (χ1n) is 7.69. The van der Waals surface area contributed by atoms with Crippen LogP contribution in [-0.4, -0.2) is 36.4 Å². The summed E-state index contributed by atoms with van der Waals surface area (Å²) in [4.78, 5) is 6.38. The van der Waals surface area contributed by atoms with E-state index in [1.165, 1.54) is 0 Å². The van der Waals surface area contributed by atoms with Gasteiger partial charge in [0.05, 0.1) is 20.4 Å². The van der Waals surface area contributed by atoms with Crippen LogP contribution in [0.1, 0.15) is 0 Å². The quantitative estimate of drug-likeness (QED) is 0.739. The van der Waals surface area contributed by atoms with Gasteiger partial charge in [-0.15, -0.1) is 5.10 Å². The van der Waals surface area contributed by atoms with Crippen LogP contribution < -0.4 is 19.7 Å². The summed E-state index contributed by atoms with van der Waals surface area (Å²) < 4.78 is 10.6. The van der Waals surface area contributed by atoms with E-state index in [0.717, 1.165) is 11.4 Å². The molecule has 0 aliphatic carbocycles. The first kappa shape index (κ1) is 16.5. The molecule has 1 N–H and O–H groups in total. The van der Waals surface area contributed by atoms with Crippen LogP contribution in [0.2, 0.25) is 0 Å². The Morgan fingerprint density at radius 1 is 0.960 bits per heavy atom. The van der Waals surface area contributed by atoms with Crippen LogP contribution in [0.5, 0.6) is 11.5 Å². The Bertz CT molecular complexity index is 842. The van der Waals surface area contributed by atoms with Crippen LogP contribution in [0.3, 0.4) is 0 Å². The van der Waals surface area contributed by atoms with Gasteiger partial charge in [0.25, 0.3) is 5.95 Å². The van der Waals surface area contributed by atoms with E-state index in [1.54, 1.807) is 20.4 Å². The molecule has 0 unspecified atom stereocenters. The van der Waals surface area contributed by atoms with Gasteiger partial charge in [0.2, 0.25) is 0 Å². The standard InChI is InChI=1S/C18H19N5O2/c1-23(14-7-5-4-6-8-14)18-21-17(12-19-22-18)20-13-9-10-15(24-2)16(11-13)25-3/h4-12H,1-3H3,(H,20,21,22). The summed E-state index contributed by atoms with van der Waals surface area (Å²) >= 11 is 0. The third kappa shape index (κ3) is 3.77. The molecule has 2 aromatic carbocycles. The summed E-state index contributed by atoms with van der Waals surface area (Å²) in [6.07, 6.45) is 1.57. The maximum Gasteiger partial charge on any atom is 0.251 e. The topological polar surface area (TPSA) is 72.4 Å². The van der Waals surface area contributed by atoms with Crippen LogP contribution in [0.15, 0.2) is 54.7 Å². The molecule has 3 rings (SSSR count). The Labute approximate surface area is 146 Å². The Morgan fingerprint density at radius 3 is 2.44 bits per heavy atom. The van der Waals surface area contributed by atoms with Crippen LogP contribution in [0.25, 0.3) is 0 Å². The van der Waals surface area contributed by atoms with E-state index in [1.807, 2.05) is 60.5 Å². The van der Waals surface area contributed by atoms with Gasteiger partial charge in [0.15, 0.2) is 17.3 Å². The summed E-state index contributed by atoms with van der Waals surface area (Å²) in [7, 11) is 5.10. The molecule has 0 spiro atoms. The number of aromatic nitrogens is 3.